The first-order valence-electron chi connectivity index (χ1n) is 6.64. The van der Waals surface area contributed by atoms with Gasteiger partial charge in [0.25, 0.3) is 0 Å². The Labute approximate surface area is 119 Å². The summed E-state index contributed by atoms with van der Waals surface area (Å²) in [5.74, 6) is 0.332. The molecule has 0 radical (unpaired) electrons. The normalized spacial score (nSPS) is 11.4. The van der Waals surface area contributed by atoms with Gasteiger partial charge in [0.15, 0.2) is 5.82 Å². The Morgan fingerprint density at radius 3 is 2.50 bits per heavy atom. The van der Waals surface area contributed by atoms with Crippen molar-refractivity contribution in [2.45, 2.75) is 32.8 Å². The summed E-state index contributed by atoms with van der Waals surface area (Å²) in [5, 5.41) is 0. The zero-order chi connectivity index (χ0) is 14.8. The first-order valence-corrected chi connectivity index (χ1v) is 6.64. The fraction of sp³-hybridized carbons (Fsp3) is 0.294. The second-order valence-electron chi connectivity index (χ2n) is 5.89. The molecule has 2 aromatic carbocycles. The van der Waals surface area contributed by atoms with E-state index in [-0.39, 0.29) is 17.7 Å². The lowest BCUT2D eigenvalue weighted by Crippen LogP contribution is -2.11. The third kappa shape index (κ3) is 3.29. The molecule has 0 aromatic heterocycles. The average molecular weight is 273 g/mol. The zero-order valence-corrected chi connectivity index (χ0v) is 12.1. The molecule has 0 fully saturated rings. The van der Waals surface area contributed by atoms with E-state index in [9.17, 15) is 4.39 Å². The zero-order valence-electron chi connectivity index (χ0n) is 12.1. The van der Waals surface area contributed by atoms with Crippen LogP contribution in [0.2, 0.25) is 0 Å². The van der Waals surface area contributed by atoms with E-state index in [4.69, 9.17) is 10.5 Å². The summed E-state index contributed by atoms with van der Waals surface area (Å²) in [7, 11) is 0. The third-order valence-electron chi connectivity index (χ3n) is 3.20. The summed E-state index contributed by atoms with van der Waals surface area (Å²) in [6, 6.07) is 12.8. The van der Waals surface area contributed by atoms with Crippen molar-refractivity contribution >= 4 is 5.69 Å². The molecule has 0 atom stereocenters. The predicted octanol–water partition coefficient (Wildman–Crippen LogP) is 4.28. The Hall–Kier alpha value is -2.03. The molecule has 0 saturated carbocycles. The Morgan fingerprint density at radius 2 is 1.80 bits per heavy atom. The van der Waals surface area contributed by atoms with Crippen LogP contribution < -0.4 is 10.5 Å². The third-order valence-corrected chi connectivity index (χ3v) is 3.20. The van der Waals surface area contributed by atoms with Crippen molar-refractivity contribution in [3.63, 3.8) is 0 Å². The minimum atomic E-state index is -0.403. The van der Waals surface area contributed by atoms with Crippen LogP contribution in [-0.4, -0.2) is 0 Å². The average Bonchev–Trinajstić information content (AvgIpc) is 2.40. The van der Waals surface area contributed by atoms with Crippen LogP contribution in [0, 0.1) is 5.82 Å². The summed E-state index contributed by atoms with van der Waals surface area (Å²) >= 11 is 0. The predicted molar refractivity (Wildman–Crippen MR) is 80.3 cm³/mol. The molecule has 2 N–H and O–H groups in total. The van der Waals surface area contributed by atoms with Gasteiger partial charge in [-0.05, 0) is 29.2 Å². The van der Waals surface area contributed by atoms with Crippen LogP contribution in [0.3, 0.4) is 0 Å². The number of ether oxygens (including phenoxy) is 1. The minimum absolute atomic E-state index is 0.0573. The maximum atomic E-state index is 13.8. The number of hydrogen-bond donors (Lipinski definition) is 1. The first kappa shape index (κ1) is 14.4. The number of nitrogen functional groups attached to an aromatic ring is 1. The molecule has 0 bridgehead atoms. The van der Waals surface area contributed by atoms with Gasteiger partial charge in [0.2, 0.25) is 0 Å². The number of halogens is 1. The molecule has 20 heavy (non-hydrogen) atoms. The molecule has 0 spiro atoms. The number of rotatable bonds is 3. The SMILES string of the molecule is CC(C)(C)c1cccc(OCc2cccc(N)c2F)c1. The largest absolute Gasteiger partial charge is 0.489 e. The van der Waals surface area contributed by atoms with Crippen LogP contribution in [0.5, 0.6) is 5.75 Å². The molecule has 3 heteroatoms. The Balaban J connectivity index is 2.13. The van der Waals surface area contributed by atoms with E-state index in [2.05, 4.69) is 26.8 Å². The number of anilines is 1. The Bertz CT molecular complexity index is 602. The van der Waals surface area contributed by atoms with Gasteiger partial charge in [-0.2, -0.15) is 0 Å². The highest BCUT2D eigenvalue weighted by atomic mass is 19.1. The quantitative estimate of drug-likeness (QED) is 0.847. The van der Waals surface area contributed by atoms with Crippen molar-refractivity contribution in [1.82, 2.24) is 0 Å². The monoisotopic (exact) mass is 273 g/mol. The van der Waals surface area contributed by atoms with E-state index in [0.717, 1.165) is 5.75 Å². The van der Waals surface area contributed by atoms with Crippen LogP contribution in [0.15, 0.2) is 42.5 Å². The van der Waals surface area contributed by atoms with Crippen LogP contribution in [0.1, 0.15) is 31.9 Å². The summed E-state index contributed by atoms with van der Waals surface area (Å²) in [6.45, 7) is 6.60. The summed E-state index contributed by atoms with van der Waals surface area (Å²) in [5.41, 5.74) is 7.39. The molecular formula is C17H20FNO. The highest BCUT2D eigenvalue weighted by molar-refractivity contribution is 5.43. The van der Waals surface area contributed by atoms with Crippen molar-refractivity contribution in [3.8, 4) is 5.75 Å². The van der Waals surface area contributed by atoms with Crippen molar-refractivity contribution in [3.05, 3.63) is 59.4 Å². The number of benzene rings is 2. The lowest BCUT2D eigenvalue weighted by atomic mass is 9.87. The molecule has 0 unspecified atom stereocenters. The van der Waals surface area contributed by atoms with Gasteiger partial charge in [-0.15, -0.1) is 0 Å². The lowest BCUT2D eigenvalue weighted by molar-refractivity contribution is 0.299. The number of nitrogens with two attached hydrogens (primary N) is 1. The van der Waals surface area contributed by atoms with Crippen molar-refractivity contribution in [2.24, 2.45) is 0 Å². The summed E-state index contributed by atoms with van der Waals surface area (Å²) in [6.07, 6.45) is 0. The standard InChI is InChI=1S/C17H20FNO/c1-17(2,3)13-7-5-8-14(10-13)20-11-12-6-4-9-15(19)16(12)18/h4-10H,11,19H2,1-3H3. The van der Waals surface area contributed by atoms with E-state index >= 15 is 0 Å². The molecule has 106 valence electrons. The molecule has 0 amide bonds. The van der Waals surface area contributed by atoms with Crippen molar-refractivity contribution in [2.75, 3.05) is 5.73 Å². The molecule has 0 saturated heterocycles. The van der Waals surface area contributed by atoms with Crippen LogP contribution >= 0.6 is 0 Å². The van der Waals surface area contributed by atoms with Gasteiger partial charge in [-0.3, -0.25) is 0 Å². The second-order valence-corrected chi connectivity index (χ2v) is 5.89. The lowest BCUT2D eigenvalue weighted by Gasteiger charge is -2.19. The van der Waals surface area contributed by atoms with E-state index in [1.165, 1.54) is 5.56 Å². The van der Waals surface area contributed by atoms with Gasteiger partial charge in [-0.1, -0.05) is 45.0 Å². The highest BCUT2D eigenvalue weighted by Crippen LogP contribution is 2.26. The summed E-state index contributed by atoms with van der Waals surface area (Å²) in [4.78, 5) is 0. The van der Waals surface area contributed by atoms with Gasteiger partial charge in [0, 0.05) is 5.56 Å². The van der Waals surface area contributed by atoms with Crippen LogP contribution in [-0.2, 0) is 12.0 Å². The maximum Gasteiger partial charge on any atom is 0.152 e. The van der Waals surface area contributed by atoms with E-state index < -0.39 is 5.82 Å². The van der Waals surface area contributed by atoms with E-state index in [1.54, 1.807) is 18.2 Å². The molecule has 2 rings (SSSR count). The Kier molecular flexibility index (Phi) is 3.98. The summed E-state index contributed by atoms with van der Waals surface area (Å²) < 4.78 is 19.4. The first-order chi connectivity index (χ1) is 9.38. The molecule has 0 aliphatic heterocycles. The van der Waals surface area contributed by atoms with Gasteiger partial charge in [0.05, 0.1) is 5.69 Å². The van der Waals surface area contributed by atoms with E-state index in [0.29, 0.717) is 5.56 Å². The molecule has 0 aliphatic carbocycles. The van der Waals surface area contributed by atoms with Gasteiger partial charge in [0.1, 0.15) is 12.4 Å². The Morgan fingerprint density at radius 1 is 1.10 bits per heavy atom. The van der Waals surface area contributed by atoms with Crippen molar-refractivity contribution in [1.29, 1.82) is 0 Å². The smallest absolute Gasteiger partial charge is 0.152 e. The van der Waals surface area contributed by atoms with E-state index in [1.807, 2.05) is 18.2 Å². The maximum absolute atomic E-state index is 13.8. The van der Waals surface area contributed by atoms with Gasteiger partial charge < -0.3 is 10.5 Å². The van der Waals surface area contributed by atoms with Crippen LogP contribution in [0.25, 0.3) is 0 Å². The topological polar surface area (TPSA) is 35.2 Å². The fourth-order valence-electron chi connectivity index (χ4n) is 1.92. The molecule has 2 nitrogen and oxygen atoms in total. The second kappa shape index (κ2) is 5.53. The fourth-order valence-corrected chi connectivity index (χ4v) is 1.92. The molecular weight excluding hydrogens is 253 g/mol. The van der Waals surface area contributed by atoms with Gasteiger partial charge >= 0.3 is 0 Å². The van der Waals surface area contributed by atoms with Crippen LogP contribution in [0.4, 0.5) is 10.1 Å². The number of hydrogen-bond acceptors (Lipinski definition) is 2. The van der Waals surface area contributed by atoms with Gasteiger partial charge in [-0.25, -0.2) is 4.39 Å². The van der Waals surface area contributed by atoms with Crippen molar-refractivity contribution < 1.29 is 9.13 Å². The molecule has 0 aliphatic rings. The highest BCUT2D eigenvalue weighted by Gasteiger charge is 2.14. The molecule has 0 heterocycles. The minimum Gasteiger partial charge on any atom is -0.489 e. The molecule has 2 aromatic rings.